The molecule has 1 aromatic carbocycles. The van der Waals surface area contributed by atoms with Crippen molar-refractivity contribution in [2.75, 3.05) is 21.3 Å². The molecule has 0 amide bonds. The Balaban J connectivity index is 1.60. The molecule has 2 aromatic heterocycles. The van der Waals surface area contributed by atoms with E-state index in [0.29, 0.717) is 39.7 Å². The zero-order chi connectivity index (χ0) is 27.9. The van der Waals surface area contributed by atoms with E-state index in [2.05, 4.69) is 50.8 Å². The second-order valence-corrected chi connectivity index (χ2v) is 16.8. The predicted octanol–water partition coefficient (Wildman–Crippen LogP) is 6.80. The third-order valence-electron chi connectivity index (χ3n) is 8.44. The van der Waals surface area contributed by atoms with Crippen LogP contribution in [-0.2, 0) is 4.43 Å². The number of hydrogen-bond acceptors (Lipinski definition) is 7. The number of hydrogen-bond donors (Lipinski definition) is 1. The first kappa shape index (κ1) is 28.1. The molecule has 0 unspecified atom stereocenters. The number of aromatic nitrogens is 3. The van der Waals surface area contributed by atoms with Crippen molar-refractivity contribution >= 4 is 25.3 Å². The van der Waals surface area contributed by atoms with Crippen molar-refractivity contribution in [3.05, 3.63) is 30.1 Å². The van der Waals surface area contributed by atoms with E-state index in [1.54, 1.807) is 33.7 Å². The minimum Gasteiger partial charge on any atom is -0.493 e. The van der Waals surface area contributed by atoms with Crippen LogP contribution in [0.25, 0.3) is 22.4 Å². The molecule has 1 saturated carbocycles. The summed E-state index contributed by atoms with van der Waals surface area (Å²) in [7, 11) is 2.87. The highest BCUT2D eigenvalue weighted by atomic mass is 28.4. The predicted molar refractivity (Wildman–Crippen MR) is 152 cm³/mol. The smallest absolute Gasteiger partial charge is 0.203 e. The Kier molecular flexibility index (Phi) is 7.64. The summed E-state index contributed by atoms with van der Waals surface area (Å²) in [6.45, 7) is 13.5. The Hall–Kier alpha value is -2.91. The zero-order valence-corrected chi connectivity index (χ0v) is 25.2. The molecular weight excluding hydrogens is 498 g/mol. The largest absolute Gasteiger partial charge is 0.493 e. The molecule has 0 aliphatic heterocycles. The van der Waals surface area contributed by atoms with Crippen molar-refractivity contribution in [3.8, 4) is 28.5 Å². The highest BCUT2D eigenvalue weighted by Crippen LogP contribution is 2.45. The fourth-order valence-corrected chi connectivity index (χ4v) is 6.35. The van der Waals surface area contributed by atoms with Gasteiger partial charge in [0.1, 0.15) is 5.52 Å². The number of ketones is 1. The van der Waals surface area contributed by atoms with E-state index < -0.39 is 13.7 Å². The number of H-pyrrole nitrogens is 1. The molecule has 8 nitrogen and oxygen atoms in total. The molecule has 0 spiro atoms. The Bertz CT molecular complexity index is 1290. The summed E-state index contributed by atoms with van der Waals surface area (Å²) in [5.74, 6) is 1.66. The van der Waals surface area contributed by atoms with Crippen LogP contribution in [0, 0.1) is 5.41 Å². The van der Waals surface area contributed by atoms with E-state index in [0.717, 1.165) is 31.2 Å². The van der Waals surface area contributed by atoms with Crippen LogP contribution in [0.3, 0.4) is 0 Å². The average Bonchev–Trinajstić information content (AvgIpc) is 3.31. The lowest BCUT2D eigenvalue weighted by Gasteiger charge is -2.43. The molecule has 206 valence electrons. The van der Waals surface area contributed by atoms with Crippen molar-refractivity contribution in [2.24, 2.45) is 5.41 Å². The minimum absolute atomic E-state index is 0.103. The van der Waals surface area contributed by atoms with Crippen molar-refractivity contribution in [3.63, 3.8) is 0 Å². The maximum absolute atomic E-state index is 13.9. The van der Waals surface area contributed by atoms with Gasteiger partial charge in [-0.25, -0.2) is 9.97 Å². The number of Topliss-reactive ketones (excluding diaryl/α,β-unsaturated/α-hetero) is 1. The third-order valence-corrected chi connectivity index (χ3v) is 13.0. The average molecular weight is 540 g/mol. The van der Waals surface area contributed by atoms with Gasteiger partial charge in [0.05, 0.1) is 38.8 Å². The fourth-order valence-electron chi connectivity index (χ4n) is 4.92. The lowest BCUT2D eigenvalue weighted by molar-refractivity contribution is 0.0562. The van der Waals surface area contributed by atoms with Gasteiger partial charge in [-0.15, -0.1) is 0 Å². The van der Waals surface area contributed by atoms with Crippen LogP contribution in [0.15, 0.2) is 24.5 Å². The minimum atomic E-state index is -1.85. The van der Waals surface area contributed by atoms with Crippen LogP contribution in [0.2, 0.25) is 18.1 Å². The van der Waals surface area contributed by atoms with E-state index >= 15 is 0 Å². The summed E-state index contributed by atoms with van der Waals surface area (Å²) in [6, 6.07) is 3.66. The molecule has 0 bridgehead atoms. The topological polar surface area (TPSA) is 95.6 Å². The van der Waals surface area contributed by atoms with E-state index in [4.69, 9.17) is 23.6 Å². The van der Waals surface area contributed by atoms with Crippen LogP contribution in [0.5, 0.6) is 17.2 Å². The molecule has 1 fully saturated rings. The Morgan fingerprint density at radius 3 is 2.18 bits per heavy atom. The van der Waals surface area contributed by atoms with Gasteiger partial charge in [-0.2, -0.15) is 0 Å². The Labute approximate surface area is 226 Å². The molecule has 3 aromatic rings. The summed E-state index contributed by atoms with van der Waals surface area (Å²) in [6.07, 6.45) is 6.99. The van der Waals surface area contributed by atoms with Crippen LogP contribution < -0.4 is 14.2 Å². The lowest BCUT2D eigenvalue weighted by Crippen LogP contribution is -2.46. The van der Waals surface area contributed by atoms with E-state index in [1.807, 2.05) is 12.1 Å². The number of ether oxygens (including phenoxy) is 3. The third kappa shape index (κ3) is 5.18. The van der Waals surface area contributed by atoms with Gasteiger partial charge in [-0.3, -0.25) is 4.79 Å². The molecule has 0 saturated heterocycles. The van der Waals surface area contributed by atoms with Gasteiger partial charge >= 0.3 is 0 Å². The zero-order valence-electron chi connectivity index (χ0n) is 24.2. The molecule has 1 N–H and O–H groups in total. The highest BCUT2D eigenvalue weighted by Gasteiger charge is 2.43. The van der Waals surface area contributed by atoms with Crippen molar-refractivity contribution < 1.29 is 23.4 Å². The molecule has 0 atom stereocenters. The van der Waals surface area contributed by atoms with Crippen LogP contribution >= 0.6 is 0 Å². The van der Waals surface area contributed by atoms with Crippen LogP contribution in [-0.4, -0.2) is 56.5 Å². The molecule has 1 aliphatic rings. The maximum Gasteiger partial charge on any atom is 0.203 e. The van der Waals surface area contributed by atoms with Gasteiger partial charge in [0.15, 0.2) is 31.2 Å². The van der Waals surface area contributed by atoms with Gasteiger partial charge in [0.25, 0.3) is 0 Å². The van der Waals surface area contributed by atoms with E-state index in [-0.39, 0.29) is 16.9 Å². The Morgan fingerprint density at radius 1 is 1.05 bits per heavy atom. The second-order valence-electron chi connectivity index (χ2n) is 12.0. The number of carbonyl (C=O) groups excluding carboxylic acids is 1. The first-order valence-electron chi connectivity index (χ1n) is 13.2. The number of methoxy groups -OCH3 is 3. The molecule has 9 heteroatoms. The first-order valence-corrected chi connectivity index (χ1v) is 16.1. The molecule has 4 rings (SSSR count). The number of rotatable bonds is 8. The fraction of sp³-hybridized carbons (Fsp3) is 0.552. The van der Waals surface area contributed by atoms with Crippen LogP contribution in [0.1, 0.15) is 63.7 Å². The molecule has 1 aliphatic carbocycles. The number of aromatic amines is 1. The second kappa shape index (κ2) is 10.3. The summed E-state index contributed by atoms with van der Waals surface area (Å²) in [4.78, 5) is 26.5. The first-order chi connectivity index (χ1) is 17.8. The van der Waals surface area contributed by atoms with Gasteiger partial charge in [0, 0.05) is 23.3 Å². The van der Waals surface area contributed by atoms with E-state index in [9.17, 15) is 4.79 Å². The molecule has 2 heterocycles. The van der Waals surface area contributed by atoms with Crippen molar-refractivity contribution in [1.82, 2.24) is 15.0 Å². The SMILES string of the molecule is COc1cc(-c2cnc3[nH]cc(C(=O)C4(C)CCC(O[Si](C)(C)C(C)(C)C)CC4)c3n2)cc(OC)c1OC. The maximum atomic E-state index is 13.9. The van der Waals surface area contributed by atoms with Crippen molar-refractivity contribution in [2.45, 2.75) is 77.6 Å². The lowest BCUT2D eigenvalue weighted by atomic mass is 9.70. The van der Waals surface area contributed by atoms with Gasteiger partial charge in [-0.1, -0.05) is 27.7 Å². The monoisotopic (exact) mass is 539 g/mol. The van der Waals surface area contributed by atoms with Gasteiger partial charge in [-0.05, 0) is 55.9 Å². The standard InChI is InChI=1S/C29H41N3O5Si/c1-28(2,3)38(8,9)37-19-10-12-29(4,13-11-19)26(33)20-16-30-27-24(20)32-21(17-31-27)18-14-22(34-5)25(36-7)23(15-18)35-6/h14-17,19H,10-13H2,1-9H3,(H,30,31). The number of fused-ring (bicyclic) bond motifs is 1. The van der Waals surface area contributed by atoms with E-state index in [1.165, 1.54) is 0 Å². The van der Waals surface area contributed by atoms with Crippen molar-refractivity contribution in [1.29, 1.82) is 0 Å². The van der Waals surface area contributed by atoms with Crippen LogP contribution in [0.4, 0.5) is 0 Å². The quantitative estimate of drug-likeness (QED) is 0.248. The molecule has 0 radical (unpaired) electrons. The highest BCUT2D eigenvalue weighted by molar-refractivity contribution is 6.74. The summed E-state index contributed by atoms with van der Waals surface area (Å²) < 4.78 is 23.1. The number of nitrogens with zero attached hydrogens (tertiary/aromatic N) is 2. The van der Waals surface area contributed by atoms with Gasteiger partial charge < -0.3 is 23.6 Å². The molecule has 38 heavy (non-hydrogen) atoms. The number of nitrogens with one attached hydrogen (secondary N) is 1. The van der Waals surface area contributed by atoms with Gasteiger partial charge in [0.2, 0.25) is 5.75 Å². The summed E-state index contributed by atoms with van der Waals surface area (Å²) in [5.41, 5.74) is 2.63. The molecular formula is C29H41N3O5Si. The Morgan fingerprint density at radius 2 is 1.66 bits per heavy atom. The summed E-state index contributed by atoms with van der Waals surface area (Å²) in [5, 5.41) is 0.169. The number of carbonyl (C=O) groups is 1. The number of benzene rings is 1. The normalized spacial score (nSPS) is 20.4. The summed E-state index contributed by atoms with van der Waals surface area (Å²) >= 11 is 0.